The Morgan fingerprint density at radius 2 is 1.79 bits per heavy atom. The van der Waals surface area contributed by atoms with E-state index in [1.165, 1.54) is 46.0 Å². The van der Waals surface area contributed by atoms with Crippen molar-refractivity contribution >= 4 is 23.4 Å². The lowest BCUT2D eigenvalue weighted by atomic mass is 9.94. The number of aryl methyl sites for hydroxylation is 1. The lowest BCUT2D eigenvalue weighted by Gasteiger charge is -2.29. The van der Waals surface area contributed by atoms with E-state index in [0.717, 1.165) is 32.1 Å². The lowest BCUT2D eigenvalue weighted by Crippen LogP contribution is -2.40. The molecule has 33 heavy (non-hydrogen) atoms. The molecule has 0 unspecified atom stereocenters. The van der Waals surface area contributed by atoms with Gasteiger partial charge >= 0.3 is 0 Å². The number of tetrazole rings is 1. The summed E-state index contributed by atoms with van der Waals surface area (Å²) in [6.45, 7) is 1.63. The van der Waals surface area contributed by atoms with E-state index < -0.39 is 11.7 Å². The van der Waals surface area contributed by atoms with Gasteiger partial charge in [-0.05, 0) is 66.6 Å². The van der Waals surface area contributed by atoms with E-state index in [9.17, 15) is 18.8 Å². The molecule has 5 rings (SSSR count). The minimum Gasteiger partial charge on any atom is -0.322 e. The number of nitrogens with zero attached hydrogens (tertiary/aromatic N) is 5. The van der Waals surface area contributed by atoms with Crippen molar-refractivity contribution in [1.29, 1.82) is 0 Å². The second-order valence-electron chi connectivity index (χ2n) is 8.29. The molecular formula is C23H21FN6O3. The molecule has 0 spiro atoms. The van der Waals surface area contributed by atoms with Crippen molar-refractivity contribution in [3.05, 3.63) is 64.7 Å². The molecule has 0 bridgehead atoms. The van der Waals surface area contributed by atoms with E-state index in [4.69, 9.17) is 0 Å². The van der Waals surface area contributed by atoms with Crippen LogP contribution in [0.25, 0.3) is 5.69 Å². The van der Waals surface area contributed by atoms with Crippen LogP contribution in [0.15, 0.2) is 36.4 Å². The zero-order chi connectivity index (χ0) is 23.1. The maximum atomic E-state index is 14.3. The third-order valence-corrected chi connectivity index (χ3v) is 6.18. The van der Waals surface area contributed by atoms with Crippen LogP contribution < -0.4 is 5.32 Å². The number of benzene rings is 2. The first-order chi connectivity index (χ1) is 15.9. The summed E-state index contributed by atoms with van der Waals surface area (Å²) in [6, 6.07) is 8.44. The van der Waals surface area contributed by atoms with E-state index in [2.05, 4.69) is 20.8 Å². The zero-order valence-corrected chi connectivity index (χ0v) is 17.9. The Hall–Kier alpha value is -3.95. The fourth-order valence-corrected chi connectivity index (χ4v) is 4.48. The molecule has 2 aliphatic rings. The highest BCUT2D eigenvalue weighted by Gasteiger charge is 2.40. The number of nitrogens with one attached hydrogen (secondary N) is 1. The van der Waals surface area contributed by atoms with E-state index in [0.29, 0.717) is 17.1 Å². The van der Waals surface area contributed by atoms with Crippen molar-refractivity contribution in [1.82, 2.24) is 25.1 Å². The number of rotatable bonds is 4. The summed E-state index contributed by atoms with van der Waals surface area (Å²) in [6.07, 6.45) is 4.73. The highest BCUT2D eigenvalue weighted by atomic mass is 19.1. The number of fused-ring (bicyclic) bond motifs is 1. The van der Waals surface area contributed by atoms with E-state index in [1.807, 2.05) is 0 Å². The number of carbonyl (C=O) groups excluding carboxylic acids is 3. The molecule has 3 amide bonds. The number of amides is 3. The van der Waals surface area contributed by atoms with Crippen LogP contribution in [0.4, 0.5) is 10.1 Å². The molecule has 1 fully saturated rings. The Balaban J connectivity index is 1.39. The largest absolute Gasteiger partial charge is 0.322 e. The summed E-state index contributed by atoms with van der Waals surface area (Å²) in [7, 11) is 0. The monoisotopic (exact) mass is 448 g/mol. The number of anilines is 1. The van der Waals surface area contributed by atoms with Gasteiger partial charge in [0.05, 0.1) is 11.1 Å². The van der Waals surface area contributed by atoms with Crippen molar-refractivity contribution in [2.24, 2.45) is 0 Å². The molecule has 2 aromatic carbocycles. The van der Waals surface area contributed by atoms with Crippen LogP contribution >= 0.6 is 0 Å². The quantitative estimate of drug-likeness (QED) is 0.614. The third kappa shape index (κ3) is 3.67. The van der Waals surface area contributed by atoms with E-state index in [1.54, 1.807) is 6.92 Å². The highest BCUT2D eigenvalue weighted by Crippen LogP contribution is 2.31. The second kappa shape index (κ2) is 8.19. The maximum Gasteiger partial charge on any atom is 0.261 e. The second-order valence-corrected chi connectivity index (χ2v) is 8.29. The van der Waals surface area contributed by atoms with E-state index >= 15 is 0 Å². The average molecular weight is 448 g/mol. The van der Waals surface area contributed by atoms with Crippen molar-refractivity contribution in [3.8, 4) is 5.69 Å². The molecule has 0 atom stereocenters. The molecule has 1 N–H and O–H groups in total. The van der Waals surface area contributed by atoms with Crippen LogP contribution in [0, 0.1) is 12.7 Å². The molecule has 9 nitrogen and oxygen atoms in total. The lowest BCUT2D eigenvalue weighted by molar-refractivity contribution is 0.0549. The molecule has 1 aliphatic carbocycles. The summed E-state index contributed by atoms with van der Waals surface area (Å²) in [5, 5.41) is 13.7. The van der Waals surface area contributed by atoms with Gasteiger partial charge in [0, 0.05) is 17.3 Å². The Morgan fingerprint density at radius 1 is 1.03 bits per heavy atom. The van der Waals surface area contributed by atoms with Gasteiger partial charge in [0.2, 0.25) is 0 Å². The van der Waals surface area contributed by atoms with Gasteiger partial charge in [-0.3, -0.25) is 19.3 Å². The standard InChI is InChI=1S/C23H21FN6O3/c1-13-26-27-28-30(13)20-12-15(8-10-19(20)24)25-21(31)14-7-9-17-18(11-14)23(33)29(22(17)32)16-5-3-2-4-6-16/h7-12,16H,2-6H2,1H3,(H,25,31). The number of halogens is 1. The smallest absolute Gasteiger partial charge is 0.261 e. The normalized spacial score (nSPS) is 16.2. The van der Waals surface area contributed by atoms with Crippen LogP contribution in [0.5, 0.6) is 0 Å². The Morgan fingerprint density at radius 3 is 2.52 bits per heavy atom. The number of imide groups is 1. The van der Waals surface area contributed by atoms with Crippen molar-refractivity contribution in [2.45, 2.75) is 45.1 Å². The van der Waals surface area contributed by atoms with Crippen molar-refractivity contribution in [3.63, 3.8) is 0 Å². The Bertz CT molecular complexity index is 1280. The first-order valence-electron chi connectivity index (χ1n) is 10.8. The molecule has 3 aromatic rings. The zero-order valence-electron chi connectivity index (χ0n) is 17.9. The maximum absolute atomic E-state index is 14.3. The molecule has 0 radical (unpaired) electrons. The molecule has 168 valence electrons. The van der Waals surface area contributed by atoms with Crippen molar-refractivity contribution in [2.75, 3.05) is 5.32 Å². The van der Waals surface area contributed by atoms with Gasteiger partial charge in [-0.2, -0.15) is 4.68 Å². The van der Waals surface area contributed by atoms with Gasteiger partial charge in [-0.25, -0.2) is 4.39 Å². The fourth-order valence-electron chi connectivity index (χ4n) is 4.48. The number of hydrogen-bond acceptors (Lipinski definition) is 6. The first-order valence-corrected chi connectivity index (χ1v) is 10.8. The summed E-state index contributed by atoms with van der Waals surface area (Å²) in [5.74, 6) is -1.29. The topological polar surface area (TPSA) is 110 Å². The SMILES string of the molecule is Cc1nnnn1-c1cc(NC(=O)c2ccc3c(c2)C(=O)N(C2CCCCC2)C3=O)ccc1F. The van der Waals surface area contributed by atoms with Gasteiger partial charge in [-0.1, -0.05) is 19.3 Å². The fraction of sp³-hybridized carbons (Fsp3) is 0.304. The molecule has 0 saturated heterocycles. The van der Waals surface area contributed by atoms with Gasteiger partial charge in [0.25, 0.3) is 17.7 Å². The predicted octanol–water partition coefficient (Wildman–Crippen LogP) is 3.29. The Labute approximate surface area is 188 Å². The van der Waals surface area contributed by atoms with Gasteiger partial charge < -0.3 is 5.32 Å². The molecule has 10 heteroatoms. The van der Waals surface area contributed by atoms with Crippen LogP contribution in [0.1, 0.15) is 69.0 Å². The van der Waals surface area contributed by atoms with E-state index in [-0.39, 0.29) is 34.7 Å². The molecule has 1 aliphatic heterocycles. The minimum absolute atomic E-state index is 0.0872. The van der Waals surface area contributed by atoms with Gasteiger partial charge in [-0.15, -0.1) is 5.10 Å². The summed E-state index contributed by atoms with van der Waals surface area (Å²) < 4.78 is 15.5. The third-order valence-electron chi connectivity index (χ3n) is 6.18. The predicted molar refractivity (Wildman–Crippen MR) is 116 cm³/mol. The van der Waals surface area contributed by atoms with Crippen LogP contribution in [-0.2, 0) is 0 Å². The van der Waals surface area contributed by atoms with Gasteiger partial charge in [0.1, 0.15) is 11.5 Å². The summed E-state index contributed by atoms with van der Waals surface area (Å²) >= 11 is 0. The first kappa shape index (κ1) is 20.9. The van der Waals surface area contributed by atoms with Crippen LogP contribution in [0.3, 0.4) is 0 Å². The molecule has 2 heterocycles. The van der Waals surface area contributed by atoms with Crippen LogP contribution in [0.2, 0.25) is 0 Å². The Kier molecular flexibility index (Phi) is 5.20. The summed E-state index contributed by atoms with van der Waals surface area (Å²) in [4.78, 5) is 40.1. The number of hydrogen-bond donors (Lipinski definition) is 1. The summed E-state index contributed by atoms with van der Waals surface area (Å²) in [5.41, 5.74) is 1.21. The molecular weight excluding hydrogens is 427 g/mol. The number of aromatic nitrogens is 4. The average Bonchev–Trinajstić information content (AvgIpc) is 3.36. The highest BCUT2D eigenvalue weighted by molar-refractivity contribution is 6.22. The minimum atomic E-state index is -0.548. The van der Waals surface area contributed by atoms with Gasteiger partial charge in [0.15, 0.2) is 5.82 Å². The molecule has 1 aromatic heterocycles. The van der Waals surface area contributed by atoms with Crippen molar-refractivity contribution < 1.29 is 18.8 Å². The molecule has 1 saturated carbocycles. The number of carbonyl (C=O) groups is 3. The van der Waals surface area contributed by atoms with Crippen LogP contribution in [-0.4, -0.2) is 48.9 Å².